The van der Waals surface area contributed by atoms with Gasteiger partial charge in [-0.3, -0.25) is 0 Å². The van der Waals surface area contributed by atoms with Crippen LogP contribution in [0.3, 0.4) is 0 Å². The van der Waals surface area contributed by atoms with Gasteiger partial charge in [-0.15, -0.1) is 11.3 Å². The number of methoxy groups -OCH3 is 1. The molecule has 4 aromatic rings. The Hall–Kier alpha value is -3.39. The summed E-state index contributed by atoms with van der Waals surface area (Å²) in [4.78, 5) is 14.8. The molecular formula is C31H31NO4S2. The van der Waals surface area contributed by atoms with E-state index in [1.165, 1.54) is 16.2 Å². The molecule has 2 aromatic heterocycles. The first-order valence-corrected chi connectivity index (χ1v) is 14.2. The minimum absolute atomic E-state index is 0.197. The summed E-state index contributed by atoms with van der Waals surface area (Å²) in [5, 5.41) is 18.9. The highest BCUT2D eigenvalue weighted by Crippen LogP contribution is 2.46. The third-order valence-electron chi connectivity index (χ3n) is 6.63. The third kappa shape index (κ3) is 5.27. The Morgan fingerprint density at radius 2 is 1.87 bits per heavy atom. The molecule has 0 saturated carbocycles. The van der Waals surface area contributed by atoms with Crippen LogP contribution in [0.5, 0.6) is 11.5 Å². The number of thiophene rings is 2. The van der Waals surface area contributed by atoms with Crippen molar-refractivity contribution in [3.63, 3.8) is 0 Å². The number of hydrogen-bond donors (Lipinski definition) is 2. The van der Waals surface area contributed by atoms with Crippen LogP contribution in [-0.2, 0) is 6.42 Å². The van der Waals surface area contributed by atoms with Gasteiger partial charge < -0.3 is 19.9 Å². The molecule has 5 rings (SSSR count). The van der Waals surface area contributed by atoms with Crippen LogP contribution in [0.2, 0.25) is 0 Å². The lowest BCUT2D eigenvalue weighted by molar-refractivity contribution is 0.0735. The van der Waals surface area contributed by atoms with Crippen molar-refractivity contribution >= 4 is 39.9 Å². The topological polar surface area (TPSA) is 67.8 Å². The predicted molar refractivity (Wildman–Crippen MR) is 157 cm³/mol. The molecule has 0 bridgehead atoms. The summed E-state index contributed by atoms with van der Waals surface area (Å²) in [5.74, 6) is 0.550. The average molecular weight is 546 g/mol. The van der Waals surface area contributed by atoms with Crippen molar-refractivity contribution in [3.8, 4) is 22.6 Å². The molecule has 5 nitrogen and oxygen atoms in total. The number of aryl methyl sites for hydroxylation is 1. The molecule has 3 heterocycles. The Labute approximate surface area is 231 Å². The van der Waals surface area contributed by atoms with E-state index >= 15 is 0 Å². The van der Waals surface area contributed by atoms with E-state index < -0.39 is 12.1 Å². The van der Waals surface area contributed by atoms with E-state index in [1.54, 1.807) is 42.0 Å². The lowest BCUT2D eigenvalue weighted by Gasteiger charge is -2.34. The van der Waals surface area contributed by atoms with E-state index in [2.05, 4.69) is 57.3 Å². The van der Waals surface area contributed by atoms with E-state index in [0.29, 0.717) is 23.5 Å². The number of anilines is 1. The minimum Gasteiger partial charge on any atom is -0.496 e. The number of hydrogen-bond acceptors (Lipinski definition) is 7. The van der Waals surface area contributed by atoms with Crippen molar-refractivity contribution in [2.45, 2.75) is 45.8 Å². The Morgan fingerprint density at radius 1 is 1.08 bits per heavy atom. The van der Waals surface area contributed by atoms with Crippen LogP contribution in [0, 0.1) is 6.92 Å². The normalized spacial score (nSPS) is 14.7. The zero-order chi connectivity index (χ0) is 27.0. The van der Waals surface area contributed by atoms with Crippen molar-refractivity contribution in [2.24, 2.45) is 0 Å². The van der Waals surface area contributed by atoms with Gasteiger partial charge in [0.15, 0.2) is 0 Å². The minimum atomic E-state index is -0.731. The maximum atomic E-state index is 12.5. The predicted octanol–water partition coefficient (Wildman–Crippen LogP) is 7.90. The van der Waals surface area contributed by atoms with E-state index in [1.807, 2.05) is 17.5 Å². The first-order valence-electron chi connectivity index (χ1n) is 12.5. The fraction of sp³-hybridized carbons (Fsp3) is 0.258. The monoisotopic (exact) mass is 545 g/mol. The number of allylic oxidation sites excluding steroid dienone is 1. The van der Waals surface area contributed by atoms with Crippen LogP contribution in [0.1, 0.15) is 58.1 Å². The summed E-state index contributed by atoms with van der Waals surface area (Å²) in [5.41, 5.74) is 5.99. The number of aliphatic hydroxyl groups excluding tert-OH is 1. The van der Waals surface area contributed by atoms with Gasteiger partial charge in [-0.25, -0.2) is 4.79 Å². The molecule has 0 amide bonds. The van der Waals surface area contributed by atoms with E-state index in [0.717, 1.165) is 38.4 Å². The third-order valence-corrected chi connectivity index (χ3v) is 8.33. The van der Waals surface area contributed by atoms with Crippen molar-refractivity contribution < 1.29 is 19.4 Å². The summed E-state index contributed by atoms with van der Waals surface area (Å²) in [6.07, 6.45) is 1.98. The standard InChI is InChI=1S/C31H31NO4S2/c1-18-16-31(3,4)32-25-11-10-24(29(28(18)25)26(33)15-22-8-6-19(2)38-22)23-9-7-21(14-27(23)35-5)36-30(34)20-12-13-37-17-20/h6-14,16-17,26,32-33H,15H2,1-5H3. The Morgan fingerprint density at radius 3 is 2.55 bits per heavy atom. The Kier molecular flexibility index (Phi) is 7.18. The summed E-state index contributed by atoms with van der Waals surface area (Å²) in [6.45, 7) is 8.45. The Bertz CT molecular complexity index is 1510. The molecule has 0 saturated heterocycles. The molecule has 0 radical (unpaired) electrons. The van der Waals surface area contributed by atoms with Gasteiger partial charge in [0, 0.05) is 44.4 Å². The molecule has 1 aliphatic heterocycles. The number of rotatable bonds is 7. The smallest absolute Gasteiger partial charge is 0.344 e. The second kappa shape index (κ2) is 10.4. The highest BCUT2D eigenvalue weighted by molar-refractivity contribution is 7.11. The van der Waals surface area contributed by atoms with E-state index in [4.69, 9.17) is 9.47 Å². The molecule has 0 aliphatic carbocycles. The molecule has 1 atom stereocenters. The molecule has 2 N–H and O–H groups in total. The van der Waals surface area contributed by atoms with Crippen LogP contribution in [0.4, 0.5) is 5.69 Å². The Balaban J connectivity index is 1.60. The van der Waals surface area contributed by atoms with Gasteiger partial charge in [-0.05, 0) is 86.2 Å². The van der Waals surface area contributed by atoms with Gasteiger partial charge in [0.1, 0.15) is 11.5 Å². The molecule has 7 heteroatoms. The summed E-state index contributed by atoms with van der Waals surface area (Å²) >= 11 is 3.15. The second-order valence-electron chi connectivity index (χ2n) is 10.1. The van der Waals surface area contributed by atoms with Crippen LogP contribution < -0.4 is 14.8 Å². The van der Waals surface area contributed by atoms with Crippen LogP contribution in [0.25, 0.3) is 16.7 Å². The summed E-state index contributed by atoms with van der Waals surface area (Å²) < 4.78 is 11.4. The quantitative estimate of drug-likeness (QED) is 0.183. The molecule has 0 fully saturated rings. The number of nitrogens with one attached hydrogen (secondary N) is 1. The molecule has 38 heavy (non-hydrogen) atoms. The zero-order valence-corrected chi connectivity index (χ0v) is 23.8. The number of fused-ring (bicyclic) bond motifs is 1. The van der Waals surface area contributed by atoms with Gasteiger partial charge in [-0.2, -0.15) is 11.3 Å². The van der Waals surface area contributed by atoms with Crippen molar-refractivity contribution in [1.29, 1.82) is 0 Å². The largest absolute Gasteiger partial charge is 0.496 e. The molecule has 1 aliphatic rings. The van der Waals surface area contributed by atoms with E-state index in [-0.39, 0.29) is 5.54 Å². The highest BCUT2D eigenvalue weighted by atomic mass is 32.1. The fourth-order valence-electron chi connectivity index (χ4n) is 5.12. The van der Waals surface area contributed by atoms with Gasteiger partial charge in [0.05, 0.1) is 24.3 Å². The number of benzene rings is 2. The fourth-order valence-corrected chi connectivity index (χ4v) is 6.67. The number of carbonyl (C=O) groups excluding carboxylic acids is 1. The summed E-state index contributed by atoms with van der Waals surface area (Å²) in [6, 6.07) is 15.4. The number of carbonyl (C=O) groups is 1. The number of aliphatic hydroxyl groups is 1. The lowest BCUT2D eigenvalue weighted by Crippen LogP contribution is -2.32. The second-order valence-corrected chi connectivity index (χ2v) is 12.3. The number of esters is 1. The van der Waals surface area contributed by atoms with Gasteiger partial charge in [0.2, 0.25) is 0 Å². The molecule has 2 aromatic carbocycles. The molecular weight excluding hydrogens is 514 g/mol. The average Bonchev–Trinajstić information content (AvgIpc) is 3.55. The van der Waals surface area contributed by atoms with Crippen LogP contribution in [-0.4, -0.2) is 23.7 Å². The van der Waals surface area contributed by atoms with Crippen molar-refractivity contribution in [3.05, 3.63) is 91.8 Å². The van der Waals surface area contributed by atoms with Crippen molar-refractivity contribution in [2.75, 3.05) is 12.4 Å². The van der Waals surface area contributed by atoms with E-state index in [9.17, 15) is 9.90 Å². The van der Waals surface area contributed by atoms with Crippen LogP contribution in [0.15, 0.2) is 65.4 Å². The van der Waals surface area contributed by atoms with Gasteiger partial charge >= 0.3 is 5.97 Å². The molecule has 0 spiro atoms. The highest BCUT2D eigenvalue weighted by Gasteiger charge is 2.29. The van der Waals surface area contributed by atoms with Gasteiger partial charge in [0.25, 0.3) is 0 Å². The lowest BCUT2D eigenvalue weighted by atomic mass is 9.82. The number of ether oxygens (including phenoxy) is 2. The zero-order valence-electron chi connectivity index (χ0n) is 22.1. The SMILES string of the molecule is COc1cc(OC(=O)c2ccsc2)ccc1-c1ccc2c(c1C(O)Cc1ccc(C)s1)C(C)=CC(C)(C)N2. The van der Waals surface area contributed by atoms with Crippen molar-refractivity contribution in [1.82, 2.24) is 0 Å². The first-order chi connectivity index (χ1) is 18.1. The molecule has 196 valence electrons. The summed E-state index contributed by atoms with van der Waals surface area (Å²) in [7, 11) is 1.60. The maximum Gasteiger partial charge on any atom is 0.344 e. The van der Waals surface area contributed by atoms with Crippen LogP contribution >= 0.6 is 22.7 Å². The molecule has 1 unspecified atom stereocenters. The van der Waals surface area contributed by atoms with Gasteiger partial charge in [-0.1, -0.05) is 12.1 Å². The maximum absolute atomic E-state index is 12.5. The first kappa shape index (κ1) is 26.2.